The van der Waals surface area contributed by atoms with Crippen LogP contribution in [0.4, 0.5) is 0 Å². The van der Waals surface area contributed by atoms with Crippen LogP contribution in [0.1, 0.15) is 20.2 Å². The Balaban J connectivity index is 2.14. The number of hydrogen-bond acceptors (Lipinski definition) is 4. The molecular formula is C11H9NOS2. The summed E-state index contributed by atoms with van der Waals surface area (Å²) in [6, 6.07) is 3.95. The molecule has 0 saturated carbocycles. The maximum Gasteiger partial charge on any atom is 0.197 e. The zero-order chi connectivity index (χ0) is 10.7. The molecule has 2 heterocycles. The first-order chi connectivity index (χ1) is 7.27. The number of carbonyl (C=O) groups is 1. The van der Waals surface area contributed by atoms with E-state index in [9.17, 15) is 4.79 Å². The van der Waals surface area contributed by atoms with Crippen molar-refractivity contribution in [1.29, 1.82) is 0 Å². The summed E-state index contributed by atoms with van der Waals surface area (Å²) < 4.78 is 0. The van der Waals surface area contributed by atoms with E-state index in [0.717, 1.165) is 15.4 Å². The van der Waals surface area contributed by atoms with Crippen LogP contribution in [-0.4, -0.2) is 10.8 Å². The molecule has 76 valence electrons. The normalized spacial score (nSPS) is 11.0. The van der Waals surface area contributed by atoms with Crippen LogP contribution in [0.25, 0.3) is 6.08 Å². The maximum atomic E-state index is 11.7. The molecule has 0 radical (unpaired) electrons. The van der Waals surface area contributed by atoms with Gasteiger partial charge >= 0.3 is 0 Å². The van der Waals surface area contributed by atoms with Crippen LogP contribution in [0, 0.1) is 6.92 Å². The van der Waals surface area contributed by atoms with E-state index in [0.29, 0.717) is 0 Å². The highest BCUT2D eigenvalue weighted by atomic mass is 32.1. The van der Waals surface area contributed by atoms with Gasteiger partial charge < -0.3 is 0 Å². The van der Waals surface area contributed by atoms with Gasteiger partial charge in [-0.3, -0.25) is 4.79 Å². The molecule has 0 aliphatic rings. The molecule has 0 fully saturated rings. The Morgan fingerprint density at radius 3 is 2.93 bits per heavy atom. The number of carbonyl (C=O) groups excluding carboxylic acids is 1. The van der Waals surface area contributed by atoms with Gasteiger partial charge in [0.15, 0.2) is 5.78 Å². The predicted molar refractivity (Wildman–Crippen MR) is 64.5 cm³/mol. The van der Waals surface area contributed by atoms with Gasteiger partial charge in [0.1, 0.15) is 0 Å². The fourth-order valence-corrected chi connectivity index (χ4v) is 2.50. The second-order valence-electron chi connectivity index (χ2n) is 2.98. The number of rotatable bonds is 3. The molecule has 15 heavy (non-hydrogen) atoms. The lowest BCUT2D eigenvalue weighted by atomic mass is 10.2. The number of nitrogens with zero attached hydrogens (tertiary/aromatic N) is 1. The summed E-state index contributed by atoms with van der Waals surface area (Å²) in [5.41, 5.74) is 2.50. The zero-order valence-electron chi connectivity index (χ0n) is 8.14. The molecule has 2 aromatic rings. The topological polar surface area (TPSA) is 30.0 Å². The van der Waals surface area contributed by atoms with E-state index in [2.05, 4.69) is 4.98 Å². The van der Waals surface area contributed by atoms with E-state index in [1.807, 2.05) is 30.5 Å². The minimum Gasteiger partial charge on any atom is -0.288 e. The van der Waals surface area contributed by atoms with Gasteiger partial charge in [0.05, 0.1) is 16.1 Å². The minimum absolute atomic E-state index is 0.0309. The van der Waals surface area contributed by atoms with Gasteiger partial charge in [0.25, 0.3) is 0 Å². The number of hydrogen-bond donors (Lipinski definition) is 0. The maximum absolute atomic E-state index is 11.7. The molecule has 4 heteroatoms. The van der Waals surface area contributed by atoms with E-state index in [-0.39, 0.29) is 5.78 Å². The predicted octanol–water partition coefficient (Wildman–Crippen LogP) is 3.41. The largest absolute Gasteiger partial charge is 0.288 e. The number of allylic oxidation sites excluding steroid dienone is 1. The molecule has 0 amide bonds. The Kier molecular flexibility index (Phi) is 3.08. The molecule has 0 aliphatic carbocycles. The highest BCUT2D eigenvalue weighted by Crippen LogP contribution is 2.15. The minimum atomic E-state index is 0.0309. The van der Waals surface area contributed by atoms with Crippen molar-refractivity contribution < 1.29 is 4.79 Å². The van der Waals surface area contributed by atoms with Gasteiger partial charge in [-0.1, -0.05) is 6.07 Å². The molecule has 0 aromatic carbocycles. The van der Waals surface area contributed by atoms with E-state index in [1.54, 1.807) is 22.9 Å². The van der Waals surface area contributed by atoms with Gasteiger partial charge in [0, 0.05) is 4.88 Å². The third-order valence-electron chi connectivity index (χ3n) is 1.91. The van der Waals surface area contributed by atoms with Crippen LogP contribution in [-0.2, 0) is 0 Å². The number of ketones is 1. The molecule has 0 spiro atoms. The summed E-state index contributed by atoms with van der Waals surface area (Å²) in [6.07, 6.45) is 3.44. The highest BCUT2D eigenvalue weighted by Gasteiger charge is 2.07. The van der Waals surface area contributed by atoms with Crippen LogP contribution in [0.5, 0.6) is 0 Å². The van der Waals surface area contributed by atoms with E-state index in [1.165, 1.54) is 11.3 Å². The molecule has 0 N–H and O–H groups in total. The van der Waals surface area contributed by atoms with Crippen molar-refractivity contribution in [2.45, 2.75) is 6.92 Å². The van der Waals surface area contributed by atoms with Crippen LogP contribution in [0.15, 0.2) is 29.1 Å². The Morgan fingerprint density at radius 1 is 1.47 bits per heavy atom. The lowest BCUT2D eigenvalue weighted by molar-refractivity contribution is 0.105. The van der Waals surface area contributed by atoms with Crippen molar-refractivity contribution in [3.63, 3.8) is 0 Å². The lowest BCUT2D eigenvalue weighted by Gasteiger charge is -1.90. The van der Waals surface area contributed by atoms with Crippen LogP contribution >= 0.6 is 22.7 Å². The van der Waals surface area contributed by atoms with E-state index < -0.39 is 0 Å². The fourth-order valence-electron chi connectivity index (χ4n) is 1.16. The Morgan fingerprint density at radius 2 is 2.33 bits per heavy atom. The van der Waals surface area contributed by atoms with Crippen LogP contribution in [0.3, 0.4) is 0 Å². The average Bonchev–Trinajstić information content (AvgIpc) is 2.84. The molecule has 0 saturated heterocycles. The number of aromatic nitrogens is 1. The molecule has 0 atom stereocenters. The van der Waals surface area contributed by atoms with Gasteiger partial charge in [-0.2, -0.15) is 0 Å². The fraction of sp³-hybridized carbons (Fsp3) is 0.0909. The van der Waals surface area contributed by atoms with Crippen molar-refractivity contribution in [3.05, 3.63) is 44.5 Å². The smallest absolute Gasteiger partial charge is 0.197 e. The van der Waals surface area contributed by atoms with Crippen molar-refractivity contribution in [3.8, 4) is 0 Å². The molecule has 2 rings (SSSR count). The zero-order valence-corrected chi connectivity index (χ0v) is 9.77. The van der Waals surface area contributed by atoms with Crippen molar-refractivity contribution in [2.24, 2.45) is 0 Å². The number of aryl methyl sites for hydroxylation is 1. The first-order valence-electron chi connectivity index (χ1n) is 4.43. The second-order valence-corrected chi connectivity index (χ2v) is 4.81. The van der Waals surface area contributed by atoms with Gasteiger partial charge in [-0.15, -0.1) is 22.7 Å². The highest BCUT2D eigenvalue weighted by molar-refractivity contribution is 7.12. The molecule has 0 bridgehead atoms. The van der Waals surface area contributed by atoms with Crippen molar-refractivity contribution in [1.82, 2.24) is 4.98 Å². The van der Waals surface area contributed by atoms with Crippen LogP contribution in [0.2, 0.25) is 0 Å². The van der Waals surface area contributed by atoms with Crippen molar-refractivity contribution in [2.75, 3.05) is 0 Å². The van der Waals surface area contributed by atoms with Crippen LogP contribution < -0.4 is 0 Å². The number of thiophene rings is 1. The standard InChI is InChI=1S/C11H9NOS2/c1-8-11(15-7-12-8)10(13)5-4-9-3-2-6-14-9/h2-7H,1H3. The Labute approximate surface area is 95.9 Å². The van der Waals surface area contributed by atoms with Gasteiger partial charge in [-0.05, 0) is 30.5 Å². The SMILES string of the molecule is Cc1ncsc1C(=O)C=Cc1cccs1. The molecule has 2 nitrogen and oxygen atoms in total. The summed E-state index contributed by atoms with van der Waals surface area (Å²) in [6.45, 7) is 1.85. The van der Waals surface area contributed by atoms with E-state index >= 15 is 0 Å². The molecule has 0 unspecified atom stereocenters. The summed E-state index contributed by atoms with van der Waals surface area (Å²) in [5.74, 6) is 0.0309. The number of thiazole rings is 1. The van der Waals surface area contributed by atoms with Gasteiger partial charge in [0.2, 0.25) is 0 Å². The molecular weight excluding hydrogens is 226 g/mol. The summed E-state index contributed by atoms with van der Waals surface area (Å²) in [4.78, 5) is 17.6. The third kappa shape index (κ3) is 2.40. The molecule has 0 aliphatic heterocycles. The average molecular weight is 235 g/mol. The van der Waals surface area contributed by atoms with E-state index in [4.69, 9.17) is 0 Å². The first kappa shape index (κ1) is 10.3. The summed E-state index contributed by atoms with van der Waals surface area (Å²) in [5, 5.41) is 1.99. The monoisotopic (exact) mass is 235 g/mol. The first-order valence-corrected chi connectivity index (χ1v) is 6.19. The summed E-state index contributed by atoms with van der Waals surface area (Å²) >= 11 is 3.00. The van der Waals surface area contributed by atoms with Crippen molar-refractivity contribution >= 4 is 34.5 Å². The Bertz CT molecular complexity index is 482. The molecule has 2 aromatic heterocycles. The quantitative estimate of drug-likeness (QED) is 0.603. The lowest BCUT2D eigenvalue weighted by Crippen LogP contribution is -1.92. The summed E-state index contributed by atoms with van der Waals surface area (Å²) in [7, 11) is 0. The van der Waals surface area contributed by atoms with Gasteiger partial charge in [-0.25, -0.2) is 4.98 Å². The Hall–Kier alpha value is -1.26. The second kappa shape index (κ2) is 4.51. The third-order valence-corrected chi connectivity index (χ3v) is 3.69.